The molecule has 0 aliphatic carbocycles. The monoisotopic (exact) mass is 629 g/mol. The summed E-state index contributed by atoms with van der Waals surface area (Å²) >= 11 is 1.66. The molecule has 1 aromatic heterocycles. The van der Waals surface area contributed by atoms with Gasteiger partial charge >= 0.3 is 5.97 Å². The standard InChI is InChI=1S/C35H39N3O6S/c1-22-31(21-45-35-36-17-18-38(35)4)43-34(44-32(22)27-11-9-25(20-39)10-12-27)28-15-13-26(14-16-28)30-8-6-5-7-29(30)19-37-33(41)23(2)42-24(3)40/h5-18,22-23,31-32,34,39H,19-21H2,1-4H3,(H,37,41)/t22-,23-,31+,32+,34+/m0/s1. The molecule has 5 atom stereocenters. The smallest absolute Gasteiger partial charge is 0.303 e. The van der Waals surface area contributed by atoms with E-state index in [0.29, 0.717) is 12.3 Å². The maximum Gasteiger partial charge on any atom is 0.303 e. The molecule has 45 heavy (non-hydrogen) atoms. The van der Waals surface area contributed by atoms with E-state index in [4.69, 9.17) is 14.2 Å². The highest BCUT2D eigenvalue weighted by molar-refractivity contribution is 7.99. The van der Waals surface area contributed by atoms with Gasteiger partial charge in [0.05, 0.1) is 18.8 Å². The van der Waals surface area contributed by atoms with Gasteiger partial charge in [-0.25, -0.2) is 4.98 Å². The van der Waals surface area contributed by atoms with Crippen molar-refractivity contribution in [2.24, 2.45) is 13.0 Å². The Balaban J connectivity index is 1.34. The van der Waals surface area contributed by atoms with E-state index in [1.807, 2.05) is 90.6 Å². The number of aliphatic hydroxyl groups is 1. The first kappa shape index (κ1) is 32.4. The van der Waals surface area contributed by atoms with Gasteiger partial charge in [-0.15, -0.1) is 0 Å². The first-order valence-electron chi connectivity index (χ1n) is 15.0. The van der Waals surface area contributed by atoms with E-state index in [0.717, 1.165) is 38.5 Å². The average Bonchev–Trinajstić information content (AvgIpc) is 3.47. The van der Waals surface area contributed by atoms with Gasteiger partial charge in [0.15, 0.2) is 17.6 Å². The summed E-state index contributed by atoms with van der Waals surface area (Å²) in [5, 5.41) is 13.3. The summed E-state index contributed by atoms with van der Waals surface area (Å²) in [7, 11) is 1.98. The topological polar surface area (TPSA) is 112 Å². The van der Waals surface area contributed by atoms with Crippen LogP contribution in [-0.4, -0.2) is 44.5 Å². The van der Waals surface area contributed by atoms with Crippen LogP contribution in [0.25, 0.3) is 11.1 Å². The fraction of sp³-hybridized carbons (Fsp3) is 0.343. The van der Waals surface area contributed by atoms with Crippen LogP contribution in [0.1, 0.15) is 55.4 Å². The van der Waals surface area contributed by atoms with Crippen LogP contribution in [0.2, 0.25) is 0 Å². The Morgan fingerprint density at radius 3 is 2.42 bits per heavy atom. The second kappa shape index (κ2) is 14.9. The maximum atomic E-state index is 12.4. The Labute approximate surface area is 267 Å². The second-order valence-corrected chi connectivity index (χ2v) is 12.2. The number of rotatable bonds is 11. The van der Waals surface area contributed by atoms with Crippen LogP contribution in [0, 0.1) is 5.92 Å². The van der Waals surface area contributed by atoms with Gasteiger partial charge in [0.1, 0.15) is 0 Å². The fourth-order valence-electron chi connectivity index (χ4n) is 5.36. The molecule has 1 fully saturated rings. The summed E-state index contributed by atoms with van der Waals surface area (Å²) in [6.45, 7) is 5.26. The van der Waals surface area contributed by atoms with Crippen LogP contribution in [0.3, 0.4) is 0 Å². The van der Waals surface area contributed by atoms with Gasteiger partial charge in [-0.2, -0.15) is 0 Å². The van der Waals surface area contributed by atoms with Crippen molar-refractivity contribution in [2.45, 2.75) is 63.7 Å². The summed E-state index contributed by atoms with van der Waals surface area (Å²) in [4.78, 5) is 28.1. The zero-order valence-electron chi connectivity index (χ0n) is 25.9. The molecule has 0 spiro atoms. The molecular weight excluding hydrogens is 590 g/mol. The number of benzene rings is 3. The predicted molar refractivity (Wildman–Crippen MR) is 172 cm³/mol. The van der Waals surface area contributed by atoms with E-state index in [1.165, 1.54) is 6.92 Å². The predicted octanol–water partition coefficient (Wildman–Crippen LogP) is 5.73. The number of carbonyl (C=O) groups is 2. The van der Waals surface area contributed by atoms with Crippen molar-refractivity contribution in [3.05, 3.63) is 107 Å². The quantitative estimate of drug-likeness (QED) is 0.160. The maximum absolute atomic E-state index is 12.4. The number of imidazole rings is 1. The van der Waals surface area contributed by atoms with E-state index < -0.39 is 18.4 Å². The molecule has 10 heteroatoms. The van der Waals surface area contributed by atoms with Gasteiger partial charge in [-0.1, -0.05) is 91.5 Å². The summed E-state index contributed by atoms with van der Waals surface area (Å²) in [6.07, 6.45) is 1.97. The summed E-state index contributed by atoms with van der Waals surface area (Å²) in [5.41, 5.74) is 5.69. The zero-order valence-corrected chi connectivity index (χ0v) is 26.7. The van der Waals surface area contributed by atoms with E-state index in [2.05, 4.69) is 17.2 Å². The lowest BCUT2D eigenvalue weighted by molar-refractivity contribution is -0.268. The van der Waals surface area contributed by atoms with Gasteiger partial charge in [0.25, 0.3) is 5.91 Å². The van der Waals surface area contributed by atoms with Gasteiger partial charge in [0.2, 0.25) is 0 Å². The van der Waals surface area contributed by atoms with Crippen molar-refractivity contribution in [1.29, 1.82) is 0 Å². The van der Waals surface area contributed by atoms with E-state index in [1.54, 1.807) is 24.9 Å². The van der Waals surface area contributed by atoms with Crippen molar-refractivity contribution in [2.75, 3.05) is 5.75 Å². The van der Waals surface area contributed by atoms with Gasteiger partial charge in [-0.05, 0) is 34.7 Å². The van der Waals surface area contributed by atoms with E-state index >= 15 is 0 Å². The lowest BCUT2D eigenvalue weighted by atomic mass is 9.91. The SMILES string of the molecule is CC(=O)O[C@@H](C)C(=O)NCc1ccccc1-c1ccc([C@@H]2O[C@H](CSc3nccn3C)[C@H](C)[C@H](c3ccc(CO)cc3)O2)cc1. The number of amides is 1. The Morgan fingerprint density at radius 2 is 1.76 bits per heavy atom. The van der Waals surface area contributed by atoms with Crippen LogP contribution < -0.4 is 5.32 Å². The highest BCUT2D eigenvalue weighted by Gasteiger charge is 2.38. The first-order chi connectivity index (χ1) is 21.7. The minimum Gasteiger partial charge on any atom is -0.453 e. The Hall–Kier alpha value is -3.96. The largest absolute Gasteiger partial charge is 0.453 e. The normalized spacial score (nSPS) is 20.4. The van der Waals surface area contributed by atoms with E-state index in [-0.39, 0.29) is 30.6 Å². The van der Waals surface area contributed by atoms with Gasteiger partial charge in [0, 0.05) is 50.1 Å². The average molecular weight is 630 g/mol. The number of thioether (sulfide) groups is 1. The molecule has 1 amide bonds. The van der Waals surface area contributed by atoms with Crippen molar-refractivity contribution in [1.82, 2.24) is 14.9 Å². The Bertz CT molecular complexity index is 1590. The van der Waals surface area contributed by atoms with Crippen LogP contribution in [0.15, 0.2) is 90.3 Å². The number of nitrogens with one attached hydrogen (secondary N) is 1. The van der Waals surface area contributed by atoms with Gasteiger partial charge < -0.3 is 29.2 Å². The third kappa shape index (κ3) is 8.01. The molecule has 0 radical (unpaired) electrons. The molecule has 0 saturated carbocycles. The highest BCUT2D eigenvalue weighted by atomic mass is 32.2. The van der Waals surface area contributed by atoms with Crippen molar-refractivity contribution >= 4 is 23.6 Å². The fourth-order valence-corrected chi connectivity index (χ4v) is 6.46. The molecule has 1 aliphatic heterocycles. The Morgan fingerprint density at radius 1 is 1.04 bits per heavy atom. The molecule has 0 bridgehead atoms. The Kier molecular flexibility index (Phi) is 10.7. The minimum absolute atomic E-state index is 0.00866. The number of aromatic nitrogens is 2. The van der Waals surface area contributed by atoms with Gasteiger partial charge in [-0.3, -0.25) is 9.59 Å². The summed E-state index contributed by atoms with van der Waals surface area (Å²) in [6, 6.07) is 23.9. The van der Waals surface area contributed by atoms with Crippen LogP contribution in [0.5, 0.6) is 0 Å². The molecule has 236 valence electrons. The molecule has 2 N–H and O–H groups in total. The summed E-state index contributed by atoms with van der Waals surface area (Å²) in [5.74, 6) is -0.0708. The minimum atomic E-state index is -0.866. The third-order valence-corrected chi connectivity index (χ3v) is 9.10. The third-order valence-electron chi connectivity index (χ3n) is 7.95. The zero-order chi connectivity index (χ0) is 31.9. The number of aryl methyl sites for hydroxylation is 1. The number of hydrogen-bond donors (Lipinski definition) is 2. The molecule has 9 nitrogen and oxygen atoms in total. The molecule has 1 aliphatic rings. The van der Waals surface area contributed by atoms with Crippen LogP contribution in [-0.2, 0) is 44.0 Å². The van der Waals surface area contributed by atoms with Crippen molar-refractivity contribution < 1.29 is 28.9 Å². The number of carbonyl (C=O) groups excluding carboxylic acids is 2. The van der Waals surface area contributed by atoms with E-state index in [9.17, 15) is 14.7 Å². The number of nitrogens with zero attached hydrogens (tertiary/aromatic N) is 2. The molecule has 4 aromatic rings. The number of ether oxygens (including phenoxy) is 3. The number of esters is 1. The summed E-state index contributed by atoms with van der Waals surface area (Å²) < 4.78 is 20.2. The molecule has 0 unspecified atom stereocenters. The second-order valence-electron chi connectivity index (χ2n) is 11.2. The first-order valence-corrected chi connectivity index (χ1v) is 16.0. The molecule has 3 aromatic carbocycles. The van der Waals surface area contributed by atoms with Crippen molar-refractivity contribution in [3.63, 3.8) is 0 Å². The number of aliphatic hydroxyl groups excluding tert-OH is 1. The lowest BCUT2D eigenvalue weighted by Gasteiger charge is -2.41. The van der Waals surface area contributed by atoms with Crippen LogP contribution in [0.4, 0.5) is 0 Å². The van der Waals surface area contributed by atoms with Crippen molar-refractivity contribution in [3.8, 4) is 11.1 Å². The number of hydrogen-bond acceptors (Lipinski definition) is 8. The highest BCUT2D eigenvalue weighted by Crippen LogP contribution is 2.43. The molecule has 2 heterocycles. The molecule has 1 saturated heterocycles. The lowest BCUT2D eigenvalue weighted by Crippen LogP contribution is -2.38. The molecular formula is C35H39N3O6S. The molecule has 5 rings (SSSR count). The van der Waals surface area contributed by atoms with Crippen LogP contribution >= 0.6 is 11.8 Å².